The SMILES string of the molecule is N#C/C(=C/Nc1cccnc1)C(=O)NCCCN1CCCC1=O. The van der Waals surface area contributed by atoms with Gasteiger partial charge < -0.3 is 15.5 Å². The lowest BCUT2D eigenvalue weighted by molar-refractivity contribution is -0.127. The molecule has 0 saturated carbocycles. The Morgan fingerprint density at radius 2 is 2.39 bits per heavy atom. The van der Waals surface area contributed by atoms with E-state index in [9.17, 15) is 9.59 Å². The van der Waals surface area contributed by atoms with Crippen LogP contribution in [-0.4, -0.2) is 41.3 Å². The normalized spacial score (nSPS) is 14.5. The Bertz CT molecular complexity index is 621. The third-order valence-electron chi connectivity index (χ3n) is 3.47. The summed E-state index contributed by atoms with van der Waals surface area (Å²) in [5.41, 5.74) is 0.687. The van der Waals surface area contributed by atoms with Gasteiger partial charge in [0.05, 0.1) is 11.9 Å². The lowest BCUT2D eigenvalue weighted by Crippen LogP contribution is -2.31. The highest BCUT2D eigenvalue weighted by Gasteiger charge is 2.19. The van der Waals surface area contributed by atoms with Gasteiger partial charge in [-0.05, 0) is 25.0 Å². The van der Waals surface area contributed by atoms with Gasteiger partial charge in [-0.15, -0.1) is 0 Å². The van der Waals surface area contributed by atoms with Crippen molar-refractivity contribution in [2.45, 2.75) is 19.3 Å². The van der Waals surface area contributed by atoms with E-state index in [4.69, 9.17) is 5.26 Å². The Morgan fingerprint density at radius 1 is 1.52 bits per heavy atom. The van der Waals surface area contributed by atoms with Crippen molar-refractivity contribution in [1.29, 1.82) is 5.26 Å². The molecule has 2 N–H and O–H groups in total. The number of rotatable bonds is 7. The maximum absolute atomic E-state index is 11.9. The predicted molar refractivity (Wildman–Crippen MR) is 85.0 cm³/mol. The quantitative estimate of drug-likeness (QED) is 0.445. The zero-order chi connectivity index (χ0) is 16.5. The van der Waals surface area contributed by atoms with Crippen LogP contribution in [-0.2, 0) is 9.59 Å². The summed E-state index contributed by atoms with van der Waals surface area (Å²) in [5, 5.41) is 14.6. The number of hydrogen-bond acceptors (Lipinski definition) is 5. The summed E-state index contributed by atoms with van der Waals surface area (Å²) in [5.74, 6) is -0.258. The molecule has 7 heteroatoms. The molecule has 0 atom stereocenters. The van der Waals surface area contributed by atoms with E-state index in [1.165, 1.54) is 6.20 Å². The molecule has 0 unspecified atom stereocenters. The zero-order valence-corrected chi connectivity index (χ0v) is 12.8. The van der Waals surface area contributed by atoms with Crippen LogP contribution in [0.2, 0.25) is 0 Å². The van der Waals surface area contributed by atoms with Crippen LogP contribution in [0.15, 0.2) is 36.3 Å². The molecule has 23 heavy (non-hydrogen) atoms. The Labute approximate surface area is 135 Å². The smallest absolute Gasteiger partial charge is 0.263 e. The molecule has 0 bridgehead atoms. The van der Waals surface area contributed by atoms with E-state index in [0.29, 0.717) is 31.6 Å². The van der Waals surface area contributed by atoms with Gasteiger partial charge in [-0.2, -0.15) is 5.26 Å². The van der Waals surface area contributed by atoms with Crippen LogP contribution in [0.3, 0.4) is 0 Å². The Kier molecular flexibility index (Phi) is 6.12. The fraction of sp³-hybridized carbons (Fsp3) is 0.375. The first-order valence-electron chi connectivity index (χ1n) is 7.53. The molecule has 7 nitrogen and oxygen atoms in total. The molecular weight excluding hydrogens is 294 g/mol. The number of nitriles is 1. The largest absolute Gasteiger partial charge is 0.359 e. The second kappa shape index (κ2) is 8.54. The second-order valence-electron chi connectivity index (χ2n) is 5.15. The van der Waals surface area contributed by atoms with E-state index in [1.807, 2.05) is 6.07 Å². The van der Waals surface area contributed by atoms with Crippen molar-refractivity contribution in [3.05, 3.63) is 36.3 Å². The molecule has 1 fully saturated rings. The first-order valence-corrected chi connectivity index (χ1v) is 7.53. The number of carbonyl (C=O) groups excluding carboxylic acids is 2. The number of pyridine rings is 1. The highest BCUT2D eigenvalue weighted by Crippen LogP contribution is 2.09. The van der Waals surface area contributed by atoms with Crippen molar-refractivity contribution in [3.63, 3.8) is 0 Å². The zero-order valence-electron chi connectivity index (χ0n) is 12.8. The van der Waals surface area contributed by atoms with Gasteiger partial charge in [0.1, 0.15) is 11.6 Å². The van der Waals surface area contributed by atoms with Crippen molar-refractivity contribution in [3.8, 4) is 6.07 Å². The van der Waals surface area contributed by atoms with E-state index < -0.39 is 5.91 Å². The number of carbonyl (C=O) groups is 2. The number of nitrogens with zero attached hydrogens (tertiary/aromatic N) is 3. The van der Waals surface area contributed by atoms with Crippen molar-refractivity contribution >= 4 is 17.5 Å². The predicted octanol–water partition coefficient (Wildman–Crippen LogP) is 1.03. The van der Waals surface area contributed by atoms with Crippen LogP contribution in [0.5, 0.6) is 0 Å². The number of likely N-dealkylation sites (tertiary alicyclic amines) is 1. The van der Waals surface area contributed by atoms with Crippen LogP contribution in [0.25, 0.3) is 0 Å². The molecule has 1 aromatic heterocycles. The summed E-state index contributed by atoms with van der Waals surface area (Å²) in [7, 11) is 0. The highest BCUT2D eigenvalue weighted by molar-refractivity contribution is 5.97. The monoisotopic (exact) mass is 313 g/mol. The maximum Gasteiger partial charge on any atom is 0.263 e. The molecule has 120 valence electrons. The van der Waals surface area contributed by atoms with Crippen LogP contribution in [0, 0.1) is 11.3 Å². The van der Waals surface area contributed by atoms with Crippen molar-refractivity contribution in [2.24, 2.45) is 0 Å². The number of amides is 2. The number of anilines is 1. The summed E-state index contributed by atoms with van der Waals surface area (Å²) in [4.78, 5) is 29.1. The maximum atomic E-state index is 11.9. The van der Waals surface area contributed by atoms with Crippen LogP contribution >= 0.6 is 0 Å². The Balaban J connectivity index is 1.74. The topological polar surface area (TPSA) is 98.1 Å². The van der Waals surface area contributed by atoms with Crippen LogP contribution in [0.4, 0.5) is 5.69 Å². The number of nitrogens with one attached hydrogen (secondary N) is 2. The summed E-state index contributed by atoms with van der Waals surface area (Å²) >= 11 is 0. The molecule has 0 spiro atoms. The molecule has 2 amide bonds. The van der Waals surface area contributed by atoms with Crippen LogP contribution < -0.4 is 10.6 Å². The first kappa shape index (κ1) is 16.5. The van der Waals surface area contributed by atoms with E-state index in [2.05, 4.69) is 15.6 Å². The van der Waals surface area contributed by atoms with Gasteiger partial charge >= 0.3 is 0 Å². The molecule has 1 aliphatic rings. The van der Waals surface area contributed by atoms with E-state index >= 15 is 0 Å². The van der Waals surface area contributed by atoms with Crippen LogP contribution in [0.1, 0.15) is 19.3 Å². The third kappa shape index (κ3) is 5.11. The molecule has 2 heterocycles. The summed E-state index contributed by atoms with van der Waals surface area (Å²) in [6.45, 7) is 1.86. The van der Waals surface area contributed by atoms with Gasteiger partial charge in [-0.25, -0.2) is 0 Å². The Hall–Kier alpha value is -2.88. The molecule has 0 radical (unpaired) electrons. The molecular formula is C16H19N5O2. The number of hydrogen-bond donors (Lipinski definition) is 2. The summed E-state index contributed by atoms with van der Waals surface area (Å²) in [6.07, 6.45) is 6.79. The summed E-state index contributed by atoms with van der Waals surface area (Å²) in [6, 6.07) is 5.40. The molecule has 2 rings (SSSR count). The fourth-order valence-corrected chi connectivity index (χ4v) is 2.26. The first-order chi connectivity index (χ1) is 11.2. The van der Waals surface area contributed by atoms with Crippen molar-refractivity contribution < 1.29 is 9.59 Å². The molecule has 1 aromatic rings. The molecule has 0 aromatic carbocycles. The lowest BCUT2D eigenvalue weighted by atomic mass is 10.3. The van der Waals surface area contributed by atoms with E-state index in [-0.39, 0.29) is 11.5 Å². The average Bonchev–Trinajstić information content (AvgIpc) is 2.98. The molecule has 1 saturated heterocycles. The standard InChI is InChI=1S/C16H19N5O2/c17-10-13(11-20-14-4-1-6-18-12-14)16(23)19-7-3-9-21-8-2-5-15(21)22/h1,4,6,11-12,20H,2-3,5,7-9H2,(H,19,23)/b13-11-. The highest BCUT2D eigenvalue weighted by atomic mass is 16.2. The van der Waals surface area contributed by atoms with Gasteiger partial charge in [0.2, 0.25) is 5.91 Å². The second-order valence-corrected chi connectivity index (χ2v) is 5.15. The number of aromatic nitrogens is 1. The van der Waals surface area contributed by atoms with Gasteiger partial charge in [-0.1, -0.05) is 0 Å². The lowest BCUT2D eigenvalue weighted by Gasteiger charge is -2.15. The van der Waals surface area contributed by atoms with Gasteiger partial charge in [0.25, 0.3) is 5.91 Å². The fourth-order valence-electron chi connectivity index (χ4n) is 2.26. The van der Waals surface area contributed by atoms with E-state index in [1.54, 1.807) is 29.4 Å². The van der Waals surface area contributed by atoms with Gasteiger partial charge in [-0.3, -0.25) is 14.6 Å². The Morgan fingerprint density at radius 3 is 3.04 bits per heavy atom. The van der Waals surface area contributed by atoms with Crippen molar-refractivity contribution in [1.82, 2.24) is 15.2 Å². The molecule has 0 aliphatic carbocycles. The molecule has 1 aliphatic heterocycles. The third-order valence-corrected chi connectivity index (χ3v) is 3.47. The minimum absolute atomic E-state index is 0.00824. The minimum Gasteiger partial charge on any atom is -0.359 e. The minimum atomic E-state index is -0.434. The summed E-state index contributed by atoms with van der Waals surface area (Å²) < 4.78 is 0. The van der Waals surface area contributed by atoms with E-state index in [0.717, 1.165) is 13.0 Å². The van der Waals surface area contributed by atoms with Crippen molar-refractivity contribution in [2.75, 3.05) is 25.0 Å². The van der Waals surface area contributed by atoms with Gasteiger partial charge in [0.15, 0.2) is 0 Å². The average molecular weight is 313 g/mol. The van der Waals surface area contributed by atoms with Gasteiger partial charge in [0, 0.05) is 38.5 Å².